The summed E-state index contributed by atoms with van der Waals surface area (Å²) in [5.74, 6) is 0.711. The number of nitrogens with two attached hydrogens (primary N) is 2. The molecule has 0 aliphatic carbocycles. The van der Waals surface area contributed by atoms with Crippen molar-refractivity contribution in [2.75, 3.05) is 13.1 Å². The number of nitrogens with zero attached hydrogens (tertiary/aromatic N) is 1. The van der Waals surface area contributed by atoms with E-state index >= 15 is 0 Å². The molecule has 92 valence electrons. The van der Waals surface area contributed by atoms with E-state index in [4.69, 9.17) is 15.9 Å². The number of likely N-dealkylation sites (tertiary alicyclic amines) is 1. The van der Waals surface area contributed by atoms with Gasteiger partial charge in [0.1, 0.15) is 5.60 Å². The minimum Gasteiger partial charge on any atom is -0.444 e. The number of carbonyl (C=O) groups excluding carboxylic acids is 1. The number of amides is 1. The molecular weight excluding hydrogens is 206 g/mol. The van der Waals surface area contributed by atoms with Crippen molar-refractivity contribution >= 4 is 11.9 Å². The Morgan fingerprint density at radius 3 is 2.25 bits per heavy atom. The third-order valence-electron chi connectivity index (χ3n) is 2.62. The van der Waals surface area contributed by atoms with Crippen molar-refractivity contribution < 1.29 is 14.9 Å². The van der Waals surface area contributed by atoms with Crippen LogP contribution in [0.4, 0.5) is 4.79 Å². The van der Waals surface area contributed by atoms with Crippen LogP contribution in [0.25, 0.3) is 0 Å². The van der Waals surface area contributed by atoms with Gasteiger partial charge in [-0.1, -0.05) is 0 Å². The van der Waals surface area contributed by atoms with Gasteiger partial charge in [0.25, 0.3) is 0 Å². The van der Waals surface area contributed by atoms with Gasteiger partial charge in [-0.15, -0.1) is 0 Å². The Hall–Kier alpha value is -1.26. The van der Waals surface area contributed by atoms with Gasteiger partial charge in [-0.2, -0.15) is 0 Å². The predicted octanol–water partition coefficient (Wildman–Crippen LogP) is -0.250. The van der Waals surface area contributed by atoms with E-state index in [9.17, 15) is 4.79 Å². The van der Waals surface area contributed by atoms with Gasteiger partial charge in [-0.3, -0.25) is 11.1 Å². The van der Waals surface area contributed by atoms with Crippen LogP contribution in [-0.2, 0) is 4.74 Å². The molecule has 0 aromatic carbocycles. The van der Waals surface area contributed by atoms with E-state index in [-0.39, 0.29) is 12.0 Å². The number of piperidine rings is 1. The fraction of sp³-hybridized carbons (Fsp3) is 0.818. The molecule has 1 amide bonds. The number of carbonyl (C=O) groups is 1. The summed E-state index contributed by atoms with van der Waals surface area (Å²) in [6.07, 6.45) is 1.39. The van der Waals surface area contributed by atoms with E-state index in [0.717, 1.165) is 12.8 Å². The summed E-state index contributed by atoms with van der Waals surface area (Å²) >= 11 is 0. The topological polar surface area (TPSA) is 81.2 Å². The lowest BCUT2D eigenvalue weighted by Crippen LogP contribution is -2.53. The SMILES string of the molecule is CC(C)(C)OC(=O)N1CCC(C(N)=[NH2+])CC1. The first-order valence-corrected chi connectivity index (χ1v) is 5.65. The van der Waals surface area contributed by atoms with Crippen LogP contribution < -0.4 is 11.1 Å². The van der Waals surface area contributed by atoms with E-state index in [1.807, 2.05) is 20.8 Å². The highest BCUT2D eigenvalue weighted by molar-refractivity contribution is 5.77. The Morgan fingerprint density at radius 1 is 1.38 bits per heavy atom. The first-order valence-electron chi connectivity index (χ1n) is 5.65. The summed E-state index contributed by atoms with van der Waals surface area (Å²) in [6, 6.07) is 0. The average molecular weight is 228 g/mol. The fourth-order valence-electron chi connectivity index (χ4n) is 1.72. The standard InChI is InChI=1S/C11H21N3O2/c1-11(2,3)16-10(15)14-6-4-8(5-7-14)9(12)13/h8H,4-7H2,1-3H3,(H3,12,13)/p+1. The van der Waals surface area contributed by atoms with Crippen molar-refractivity contribution in [1.82, 2.24) is 4.90 Å². The van der Waals surface area contributed by atoms with Gasteiger partial charge in [0, 0.05) is 13.1 Å². The van der Waals surface area contributed by atoms with Gasteiger partial charge in [0.05, 0.1) is 5.92 Å². The highest BCUT2D eigenvalue weighted by Crippen LogP contribution is 2.18. The molecule has 0 spiro atoms. The van der Waals surface area contributed by atoms with Crippen molar-refractivity contribution in [1.29, 1.82) is 0 Å². The van der Waals surface area contributed by atoms with Crippen molar-refractivity contribution in [3.8, 4) is 0 Å². The van der Waals surface area contributed by atoms with Gasteiger partial charge in [0.2, 0.25) is 5.84 Å². The molecule has 1 heterocycles. The fourth-order valence-corrected chi connectivity index (χ4v) is 1.72. The number of hydrogen-bond acceptors (Lipinski definition) is 2. The van der Waals surface area contributed by atoms with Crippen LogP contribution in [0.3, 0.4) is 0 Å². The van der Waals surface area contributed by atoms with E-state index in [1.165, 1.54) is 0 Å². The Morgan fingerprint density at radius 2 is 1.88 bits per heavy atom. The molecule has 1 aliphatic rings. The van der Waals surface area contributed by atoms with Gasteiger partial charge in [-0.25, -0.2) is 4.79 Å². The normalized spacial score (nSPS) is 18.3. The van der Waals surface area contributed by atoms with Crippen LogP contribution in [-0.4, -0.2) is 35.5 Å². The Kier molecular flexibility index (Phi) is 3.78. The average Bonchev–Trinajstić information content (AvgIpc) is 2.15. The van der Waals surface area contributed by atoms with Crippen molar-refractivity contribution in [2.45, 2.75) is 39.2 Å². The second-order valence-electron chi connectivity index (χ2n) is 5.24. The molecule has 0 aromatic heterocycles. The van der Waals surface area contributed by atoms with Gasteiger partial charge in [-0.05, 0) is 33.6 Å². The number of hydrogen-bond donors (Lipinski definition) is 2. The zero-order valence-electron chi connectivity index (χ0n) is 10.3. The van der Waals surface area contributed by atoms with Crippen LogP contribution in [0, 0.1) is 5.92 Å². The maximum atomic E-state index is 11.7. The van der Waals surface area contributed by atoms with E-state index in [1.54, 1.807) is 4.90 Å². The van der Waals surface area contributed by atoms with Gasteiger partial charge >= 0.3 is 6.09 Å². The highest BCUT2D eigenvalue weighted by Gasteiger charge is 2.29. The zero-order chi connectivity index (χ0) is 12.3. The quantitative estimate of drug-likeness (QED) is 0.479. The molecule has 0 radical (unpaired) electrons. The minimum atomic E-state index is -0.438. The lowest BCUT2D eigenvalue weighted by atomic mass is 9.96. The first-order chi connectivity index (χ1) is 7.29. The number of ether oxygens (including phenoxy) is 1. The lowest BCUT2D eigenvalue weighted by molar-refractivity contribution is -0.123. The van der Waals surface area contributed by atoms with Crippen LogP contribution in [0.15, 0.2) is 0 Å². The summed E-state index contributed by atoms with van der Waals surface area (Å²) in [4.78, 5) is 13.4. The largest absolute Gasteiger partial charge is 0.444 e. The van der Waals surface area contributed by atoms with Crippen molar-refractivity contribution in [3.63, 3.8) is 0 Å². The molecule has 5 nitrogen and oxygen atoms in total. The van der Waals surface area contributed by atoms with E-state index in [0.29, 0.717) is 18.9 Å². The third kappa shape index (κ3) is 3.72. The third-order valence-corrected chi connectivity index (χ3v) is 2.62. The van der Waals surface area contributed by atoms with Crippen molar-refractivity contribution in [3.05, 3.63) is 0 Å². The highest BCUT2D eigenvalue weighted by atomic mass is 16.6. The van der Waals surface area contributed by atoms with Crippen LogP contribution in [0.1, 0.15) is 33.6 Å². The van der Waals surface area contributed by atoms with Gasteiger partial charge in [0.15, 0.2) is 0 Å². The van der Waals surface area contributed by atoms with Crippen LogP contribution in [0.2, 0.25) is 0 Å². The molecule has 1 rings (SSSR count). The van der Waals surface area contributed by atoms with Gasteiger partial charge < -0.3 is 9.64 Å². The predicted molar refractivity (Wildman–Crippen MR) is 61.7 cm³/mol. The van der Waals surface area contributed by atoms with Crippen molar-refractivity contribution in [2.24, 2.45) is 11.7 Å². The maximum Gasteiger partial charge on any atom is 0.410 e. The second kappa shape index (κ2) is 4.72. The summed E-state index contributed by atoms with van der Waals surface area (Å²) in [7, 11) is 0. The first kappa shape index (κ1) is 12.8. The molecule has 4 N–H and O–H groups in total. The summed E-state index contributed by atoms with van der Waals surface area (Å²) in [6.45, 7) is 6.92. The zero-order valence-corrected chi connectivity index (χ0v) is 10.3. The molecule has 0 bridgehead atoms. The summed E-state index contributed by atoms with van der Waals surface area (Å²) in [5, 5.41) is 5.55. The molecular formula is C11H22N3O2+. The lowest BCUT2D eigenvalue weighted by Gasteiger charge is -2.32. The summed E-state index contributed by atoms with van der Waals surface area (Å²) in [5.41, 5.74) is 5.11. The van der Waals surface area contributed by atoms with Crippen LogP contribution >= 0.6 is 0 Å². The molecule has 0 unspecified atom stereocenters. The Labute approximate surface area is 96.4 Å². The molecule has 1 aliphatic heterocycles. The monoisotopic (exact) mass is 228 g/mol. The second-order valence-corrected chi connectivity index (χ2v) is 5.24. The smallest absolute Gasteiger partial charge is 0.410 e. The maximum absolute atomic E-state index is 11.7. The van der Waals surface area contributed by atoms with Crippen LogP contribution in [0.5, 0.6) is 0 Å². The Bertz CT molecular complexity index is 275. The molecule has 1 saturated heterocycles. The summed E-state index contributed by atoms with van der Waals surface area (Å²) < 4.78 is 5.29. The number of rotatable bonds is 1. The molecule has 16 heavy (non-hydrogen) atoms. The van der Waals surface area contributed by atoms with E-state index in [2.05, 4.69) is 0 Å². The molecule has 0 atom stereocenters. The minimum absolute atomic E-state index is 0.235. The molecule has 5 heteroatoms. The van der Waals surface area contributed by atoms with E-state index < -0.39 is 5.60 Å². The number of amidine groups is 1. The molecule has 1 fully saturated rings. The molecule has 0 saturated carbocycles. The Balaban J connectivity index is 2.42. The molecule has 0 aromatic rings.